The highest BCUT2D eigenvalue weighted by atomic mass is 35.5. The number of anilines is 1. The lowest BCUT2D eigenvalue weighted by atomic mass is 9.94. The largest absolute Gasteiger partial charge is 0.395 e. The molecule has 0 bridgehead atoms. The Morgan fingerprint density at radius 3 is 2.59 bits per heavy atom. The lowest BCUT2D eigenvalue weighted by Gasteiger charge is -2.33. The number of benzene rings is 1. The summed E-state index contributed by atoms with van der Waals surface area (Å²) in [5.74, 6) is -0.0996. The Morgan fingerprint density at radius 2 is 1.95 bits per heavy atom. The van der Waals surface area contributed by atoms with Gasteiger partial charge < -0.3 is 10.4 Å². The van der Waals surface area contributed by atoms with E-state index in [9.17, 15) is 9.90 Å². The Balaban J connectivity index is 1.93. The first kappa shape index (κ1) is 17.5. The van der Waals surface area contributed by atoms with E-state index in [1.54, 1.807) is 18.2 Å². The minimum atomic E-state index is -0.0996. The molecule has 1 fully saturated rings. The summed E-state index contributed by atoms with van der Waals surface area (Å²) in [6, 6.07) is 5.41. The third-order valence-electron chi connectivity index (χ3n) is 4.03. The number of nitrogens with zero attached hydrogens (tertiary/aromatic N) is 1. The summed E-state index contributed by atoms with van der Waals surface area (Å²) in [5.41, 5.74) is 0.631. The molecule has 1 amide bonds. The lowest BCUT2D eigenvalue weighted by Crippen LogP contribution is -2.43. The maximum atomic E-state index is 12.2. The minimum absolute atomic E-state index is 0.0660. The zero-order chi connectivity index (χ0) is 15.9. The molecule has 0 atom stereocenters. The summed E-state index contributed by atoms with van der Waals surface area (Å²) in [7, 11) is 0. The van der Waals surface area contributed by atoms with Crippen molar-refractivity contribution in [1.29, 1.82) is 0 Å². The molecule has 0 aromatic heterocycles. The van der Waals surface area contributed by atoms with Gasteiger partial charge in [0.25, 0.3) is 0 Å². The Labute approximate surface area is 141 Å². The highest BCUT2D eigenvalue weighted by Crippen LogP contribution is 2.25. The van der Waals surface area contributed by atoms with Gasteiger partial charge in [0, 0.05) is 18.3 Å². The summed E-state index contributed by atoms with van der Waals surface area (Å²) in [5, 5.41) is 12.9. The topological polar surface area (TPSA) is 52.6 Å². The molecule has 2 rings (SSSR count). The molecule has 4 nitrogen and oxygen atoms in total. The SMILES string of the molecule is O=C(CN(CCO)C1CCCCC1)Nc1ccc(Cl)c(Cl)c1. The summed E-state index contributed by atoms with van der Waals surface area (Å²) in [6.45, 7) is 0.876. The number of carbonyl (C=O) groups is 1. The first-order valence-corrected chi connectivity index (χ1v) is 8.45. The molecule has 6 heteroatoms. The number of carbonyl (C=O) groups excluding carboxylic acids is 1. The van der Waals surface area contributed by atoms with Crippen LogP contribution in [0.3, 0.4) is 0 Å². The molecule has 0 aliphatic heterocycles. The van der Waals surface area contributed by atoms with Gasteiger partial charge in [0.15, 0.2) is 0 Å². The standard InChI is InChI=1S/C16H22Cl2N2O2/c17-14-7-6-12(10-15(14)18)19-16(22)11-20(8-9-21)13-4-2-1-3-5-13/h6-7,10,13,21H,1-5,8-9,11H2,(H,19,22). The quantitative estimate of drug-likeness (QED) is 0.829. The first-order valence-electron chi connectivity index (χ1n) is 7.70. The number of aliphatic hydroxyl groups is 1. The minimum Gasteiger partial charge on any atom is -0.395 e. The number of halogens is 2. The van der Waals surface area contributed by atoms with Crippen molar-refractivity contribution in [3.05, 3.63) is 28.2 Å². The van der Waals surface area contributed by atoms with Gasteiger partial charge >= 0.3 is 0 Å². The van der Waals surface area contributed by atoms with Crippen molar-refractivity contribution in [3.8, 4) is 0 Å². The van der Waals surface area contributed by atoms with Gasteiger partial charge in [-0.25, -0.2) is 0 Å². The van der Waals surface area contributed by atoms with E-state index in [2.05, 4.69) is 10.2 Å². The van der Waals surface area contributed by atoms with Crippen LogP contribution in [-0.2, 0) is 4.79 Å². The van der Waals surface area contributed by atoms with E-state index in [-0.39, 0.29) is 19.1 Å². The Hall–Kier alpha value is -0.810. The molecule has 22 heavy (non-hydrogen) atoms. The fourth-order valence-corrected chi connectivity index (χ4v) is 3.22. The molecule has 0 saturated heterocycles. The van der Waals surface area contributed by atoms with Crippen LogP contribution in [-0.4, -0.2) is 41.7 Å². The zero-order valence-electron chi connectivity index (χ0n) is 12.5. The molecular formula is C16H22Cl2N2O2. The average molecular weight is 345 g/mol. The van der Waals surface area contributed by atoms with Gasteiger partial charge in [-0.1, -0.05) is 42.5 Å². The summed E-state index contributed by atoms with van der Waals surface area (Å²) >= 11 is 11.8. The van der Waals surface area contributed by atoms with E-state index in [1.165, 1.54) is 19.3 Å². The first-order chi connectivity index (χ1) is 10.6. The van der Waals surface area contributed by atoms with Crippen LogP contribution in [0.5, 0.6) is 0 Å². The molecule has 0 unspecified atom stereocenters. The smallest absolute Gasteiger partial charge is 0.238 e. The molecule has 122 valence electrons. The van der Waals surface area contributed by atoms with Crippen molar-refractivity contribution >= 4 is 34.8 Å². The fourth-order valence-electron chi connectivity index (χ4n) is 2.92. The molecule has 1 saturated carbocycles. The van der Waals surface area contributed by atoms with Crippen LogP contribution in [0.15, 0.2) is 18.2 Å². The van der Waals surface area contributed by atoms with Crippen molar-refractivity contribution < 1.29 is 9.90 Å². The molecule has 0 spiro atoms. The van der Waals surface area contributed by atoms with Crippen molar-refractivity contribution in [2.45, 2.75) is 38.1 Å². The molecule has 0 heterocycles. The number of aliphatic hydroxyl groups excluding tert-OH is 1. The van der Waals surface area contributed by atoms with Crippen LogP contribution in [0.4, 0.5) is 5.69 Å². The van der Waals surface area contributed by atoms with E-state index < -0.39 is 0 Å². The summed E-state index contributed by atoms with van der Waals surface area (Å²) in [4.78, 5) is 14.3. The second-order valence-electron chi connectivity index (χ2n) is 5.66. The molecule has 1 aromatic rings. The van der Waals surface area contributed by atoms with Gasteiger partial charge in [-0.05, 0) is 31.0 Å². The normalized spacial score (nSPS) is 16.0. The third kappa shape index (κ3) is 5.13. The van der Waals surface area contributed by atoms with Gasteiger partial charge in [-0.2, -0.15) is 0 Å². The van der Waals surface area contributed by atoms with E-state index >= 15 is 0 Å². The second kappa shape index (κ2) is 8.73. The molecular weight excluding hydrogens is 323 g/mol. The predicted molar refractivity (Wildman–Crippen MR) is 90.6 cm³/mol. The van der Waals surface area contributed by atoms with Crippen molar-refractivity contribution in [2.75, 3.05) is 25.0 Å². The molecule has 1 aliphatic rings. The van der Waals surface area contributed by atoms with Gasteiger partial charge in [0.1, 0.15) is 0 Å². The zero-order valence-corrected chi connectivity index (χ0v) is 14.0. The van der Waals surface area contributed by atoms with Crippen LogP contribution < -0.4 is 5.32 Å². The Kier molecular flexibility index (Phi) is 6.96. The second-order valence-corrected chi connectivity index (χ2v) is 6.48. The van der Waals surface area contributed by atoms with Crippen molar-refractivity contribution in [2.24, 2.45) is 0 Å². The maximum Gasteiger partial charge on any atom is 0.238 e. The van der Waals surface area contributed by atoms with E-state index in [0.717, 1.165) is 12.8 Å². The Bertz CT molecular complexity index is 505. The van der Waals surface area contributed by atoms with Crippen LogP contribution in [0, 0.1) is 0 Å². The summed E-state index contributed by atoms with van der Waals surface area (Å²) in [6.07, 6.45) is 5.85. The predicted octanol–water partition coefficient (Wildman–Crippen LogP) is 3.56. The van der Waals surface area contributed by atoms with Crippen LogP contribution in [0.25, 0.3) is 0 Å². The number of hydrogen-bond acceptors (Lipinski definition) is 3. The van der Waals surface area contributed by atoms with Crippen molar-refractivity contribution in [1.82, 2.24) is 4.90 Å². The monoisotopic (exact) mass is 344 g/mol. The van der Waals surface area contributed by atoms with Crippen LogP contribution >= 0.6 is 23.2 Å². The van der Waals surface area contributed by atoms with Gasteiger partial charge in [0.2, 0.25) is 5.91 Å². The number of hydrogen-bond donors (Lipinski definition) is 2. The molecule has 1 aliphatic carbocycles. The lowest BCUT2D eigenvalue weighted by molar-refractivity contribution is -0.118. The highest BCUT2D eigenvalue weighted by Gasteiger charge is 2.22. The molecule has 1 aromatic carbocycles. The number of nitrogens with one attached hydrogen (secondary N) is 1. The van der Waals surface area contributed by atoms with Crippen LogP contribution in [0.1, 0.15) is 32.1 Å². The summed E-state index contributed by atoms with van der Waals surface area (Å²) < 4.78 is 0. The van der Waals surface area contributed by atoms with Crippen LogP contribution in [0.2, 0.25) is 10.0 Å². The third-order valence-corrected chi connectivity index (χ3v) is 4.77. The number of amides is 1. The Morgan fingerprint density at radius 1 is 1.23 bits per heavy atom. The number of rotatable bonds is 6. The van der Waals surface area contributed by atoms with Crippen molar-refractivity contribution in [3.63, 3.8) is 0 Å². The molecule has 2 N–H and O–H groups in total. The van der Waals surface area contributed by atoms with E-state index in [0.29, 0.717) is 28.3 Å². The van der Waals surface area contributed by atoms with Gasteiger partial charge in [-0.15, -0.1) is 0 Å². The maximum absolute atomic E-state index is 12.2. The van der Waals surface area contributed by atoms with Gasteiger partial charge in [0.05, 0.1) is 23.2 Å². The highest BCUT2D eigenvalue weighted by molar-refractivity contribution is 6.42. The van der Waals surface area contributed by atoms with Gasteiger partial charge in [-0.3, -0.25) is 9.69 Å². The van der Waals surface area contributed by atoms with E-state index in [4.69, 9.17) is 23.2 Å². The molecule has 0 radical (unpaired) electrons. The fraction of sp³-hybridized carbons (Fsp3) is 0.562. The van der Waals surface area contributed by atoms with E-state index in [1.807, 2.05) is 0 Å². The average Bonchev–Trinajstić information content (AvgIpc) is 2.51.